The zero-order valence-electron chi connectivity index (χ0n) is 23.8. The monoisotopic (exact) mass is 546 g/mol. The zero-order valence-corrected chi connectivity index (χ0v) is 23.8. The van der Waals surface area contributed by atoms with E-state index in [2.05, 4.69) is 51.3 Å². The van der Waals surface area contributed by atoms with Crippen LogP contribution in [0, 0.1) is 0 Å². The van der Waals surface area contributed by atoms with E-state index in [-0.39, 0.29) is 23.2 Å². The maximum Gasteiger partial charge on any atom is 0.320 e. The van der Waals surface area contributed by atoms with Gasteiger partial charge in [0.15, 0.2) is 11.5 Å². The molecule has 3 aliphatic heterocycles. The quantitative estimate of drug-likeness (QED) is 0.521. The smallest absolute Gasteiger partial charge is 0.320 e. The summed E-state index contributed by atoms with van der Waals surface area (Å²) in [4.78, 5) is 42.9. The number of nitrogens with two attached hydrogens (primary N) is 1. The summed E-state index contributed by atoms with van der Waals surface area (Å²) in [6, 6.07) is 9.59. The summed E-state index contributed by atoms with van der Waals surface area (Å²) in [5.41, 5.74) is 8.16. The van der Waals surface area contributed by atoms with Gasteiger partial charge >= 0.3 is 6.03 Å². The van der Waals surface area contributed by atoms with Crippen molar-refractivity contribution >= 4 is 29.3 Å². The molecule has 4 heterocycles. The van der Waals surface area contributed by atoms with Gasteiger partial charge < -0.3 is 30.7 Å². The van der Waals surface area contributed by atoms with Crippen LogP contribution in [0.4, 0.5) is 22.1 Å². The molecule has 40 heavy (non-hydrogen) atoms. The van der Waals surface area contributed by atoms with Gasteiger partial charge in [-0.25, -0.2) is 14.8 Å². The molecule has 6 rings (SSSR count). The maximum absolute atomic E-state index is 12.8. The minimum Gasteiger partial charge on any atom is -0.364 e. The number of likely N-dealkylation sites (N-methyl/N-ethyl adjacent to an activating group) is 1. The minimum atomic E-state index is -0.619. The van der Waals surface area contributed by atoms with Crippen molar-refractivity contribution in [3.8, 4) is 0 Å². The Kier molecular flexibility index (Phi) is 7.29. The van der Waals surface area contributed by atoms with Crippen LogP contribution in [0.2, 0.25) is 0 Å². The van der Waals surface area contributed by atoms with Crippen LogP contribution in [0.1, 0.15) is 68.4 Å². The van der Waals surface area contributed by atoms with E-state index >= 15 is 0 Å². The second kappa shape index (κ2) is 10.9. The highest BCUT2D eigenvalue weighted by Gasteiger charge is 2.38. The highest BCUT2D eigenvalue weighted by molar-refractivity contribution is 5.96. The number of aromatic nitrogens is 2. The molecule has 0 bridgehead atoms. The lowest BCUT2D eigenvalue weighted by molar-refractivity contribution is 0.0996. The van der Waals surface area contributed by atoms with Crippen LogP contribution in [-0.2, 0) is 5.41 Å². The van der Waals surface area contributed by atoms with Gasteiger partial charge in [-0.2, -0.15) is 0 Å². The third-order valence-corrected chi connectivity index (χ3v) is 9.47. The Hall–Kier alpha value is -3.40. The van der Waals surface area contributed by atoms with Crippen molar-refractivity contribution in [2.45, 2.75) is 69.9 Å². The second-order valence-corrected chi connectivity index (χ2v) is 12.1. The summed E-state index contributed by atoms with van der Waals surface area (Å²) < 4.78 is 0. The van der Waals surface area contributed by atoms with E-state index in [4.69, 9.17) is 10.7 Å². The molecule has 10 nitrogen and oxygen atoms in total. The topological polar surface area (TPSA) is 111 Å². The number of hydrogen-bond donors (Lipinski definition) is 2. The van der Waals surface area contributed by atoms with Crippen molar-refractivity contribution in [2.75, 3.05) is 56.0 Å². The van der Waals surface area contributed by atoms with Crippen molar-refractivity contribution in [3.63, 3.8) is 0 Å². The molecule has 4 fully saturated rings. The van der Waals surface area contributed by atoms with Gasteiger partial charge in [-0.05, 0) is 81.6 Å². The SMILES string of the molecule is CCN1CCN(C2CCCN(c3cnc(C(N)=O)c(Nc4ccc(C5(C)CCN(C6CC6)CC5)cc4)n3)C2)C1=O. The molecule has 1 unspecified atom stereocenters. The van der Waals surface area contributed by atoms with Gasteiger partial charge in [-0.3, -0.25) is 4.79 Å². The van der Waals surface area contributed by atoms with E-state index in [9.17, 15) is 9.59 Å². The number of piperidine rings is 2. The van der Waals surface area contributed by atoms with Gasteiger partial charge in [0.25, 0.3) is 5.91 Å². The lowest BCUT2D eigenvalue weighted by atomic mass is 9.74. The summed E-state index contributed by atoms with van der Waals surface area (Å²) >= 11 is 0. The number of urea groups is 1. The lowest BCUT2D eigenvalue weighted by Crippen LogP contribution is -2.49. The molecular weight excluding hydrogens is 504 g/mol. The molecule has 4 aliphatic rings. The molecule has 3 N–H and O–H groups in total. The van der Waals surface area contributed by atoms with E-state index in [0.717, 1.165) is 50.7 Å². The first kappa shape index (κ1) is 26.8. The molecule has 10 heteroatoms. The Morgan fingerprint density at radius 1 is 1.05 bits per heavy atom. The first-order chi connectivity index (χ1) is 19.3. The minimum absolute atomic E-state index is 0.120. The number of carbonyl (C=O) groups is 2. The Morgan fingerprint density at radius 3 is 2.45 bits per heavy atom. The van der Waals surface area contributed by atoms with Gasteiger partial charge in [0.2, 0.25) is 0 Å². The van der Waals surface area contributed by atoms with Gasteiger partial charge in [0.1, 0.15) is 5.82 Å². The molecule has 3 saturated heterocycles. The summed E-state index contributed by atoms with van der Waals surface area (Å²) in [5.74, 6) is 0.424. The second-order valence-electron chi connectivity index (χ2n) is 12.1. The standard InChI is InChI=1S/C30H42N8O2/c1-3-35-17-18-38(29(35)40)24-5-4-14-37(20-24)25-19-32-26(27(31)39)28(34-25)33-22-8-6-21(7-9-22)30(2)12-15-36(16-13-30)23-10-11-23/h6-9,19,23-24H,3-5,10-18,20H2,1-2H3,(H2,31,39)(H,33,34). The van der Waals surface area contributed by atoms with Crippen LogP contribution < -0.4 is 16.0 Å². The normalized spacial score (nSPS) is 23.5. The van der Waals surface area contributed by atoms with Crippen molar-refractivity contribution in [2.24, 2.45) is 5.73 Å². The van der Waals surface area contributed by atoms with Crippen molar-refractivity contribution in [3.05, 3.63) is 41.7 Å². The van der Waals surface area contributed by atoms with E-state index in [1.165, 1.54) is 44.3 Å². The predicted molar refractivity (Wildman–Crippen MR) is 156 cm³/mol. The molecule has 1 saturated carbocycles. The summed E-state index contributed by atoms with van der Waals surface area (Å²) in [7, 11) is 0. The van der Waals surface area contributed by atoms with Gasteiger partial charge in [0.05, 0.1) is 12.2 Å². The molecule has 1 aromatic heterocycles. The van der Waals surface area contributed by atoms with Crippen LogP contribution in [-0.4, -0.2) is 94.5 Å². The Balaban J connectivity index is 1.16. The van der Waals surface area contributed by atoms with Gasteiger partial charge in [-0.1, -0.05) is 19.1 Å². The Morgan fingerprint density at radius 2 is 1.80 bits per heavy atom. The fourth-order valence-corrected chi connectivity index (χ4v) is 6.65. The number of hydrogen-bond acceptors (Lipinski definition) is 7. The third-order valence-electron chi connectivity index (χ3n) is 9.47. The van der Waals surface area contributed by atoms with Crippen LogP contribution in [0.15, 0.2) is 30.5 Å². The highest BCUT2D eigenvalue weighted by atomic mass is 16.2. The van der Waals surface area contributed by atoms with Crippen molar-refractivity contribution < 1.29 is 9.59 Å². The number of primary amides is 1. The van der Waals surface area contributed by atoms with Crippen molar-refractivity contribution in [1.82, 2.24) is 24.7 Å². The van der Waals surface area contributed by atoms with E-state index in [1.54, 1.807) is 6.20 Å². The predicted octanol–water partition coefficient (Wildman–Crippen LogP) is 3.56. The molecule has 0 radical (unpaired) electrons. The largest absolute Gasteiger partial charge is 0.364 e. The number of nitrogens with zero attached hydrogens (tertiary/aromatic N) is 6. The molecule has 0 spiro atoms. The van der Waals surface area contributed by atoms with Gasteiger partial charge in [0, 0.05) is 44.5 Å². The average Bonchev–Trinajstić information content (AvgIpc) is 3.75. The number of anilines is 3. The number of amides is 3. The summed E-state index contributed by atoms with van der Waals surface area (Å²) in [6.07, 6.45) is 8.63. The number of carbonyl (C=O) groups excluding carboxylic acids is 2. The number of rotatable bonds is 8. The first-order valence-corrected chi connectivity index (χ1v) is 14.9. The zero-order chi connectivity index (χ0) is 27.9. The third kappa shape index (κ3) is 5.33. The van der Waals surface area contributed by atoms with Crippen molar-refractivity contribution in [1.29, 1.82) is 0 Å². The molecule has 1 aromatic carbocycles. The van der Waals surface area contributed by atoms with E-state index < -0.39 is 5.91 Å². The molecule has 2 aromatic rings. The fraction of sp³-hybridized carbons (Fsp3) is 0.600. The summed E-state index contributed by atoms with van der Waals surface area (Å²) in [5, 5.41) is 3.31. The molecule has 1 aliphatic carbocycles. The molecule has 1 atom stereocenters. The first-order valence-electron chi connectivity index (χ1n) is 14.9. The number of likely N-dealkylation sites (tertiary alicyclic amines) is 1. The fourth-order valence-electron chi connectivity index (χ4n) is 6.65. The van der Waals surface area contributed by atoms with E-state index in [0.29, 0.717) is 18.2 Å². The van der Waals surface area contributed by atoms with Crippen LogP contribution in [0.25, 0.3) is 0 Å². The number of nitrogens with one attached hydrogen (secondary N) is 1. The maximum atomic E-state index is 12.8. The summed E-state index contributed by atoms with van der Waals surface area (Å²) in [6.45, 7) is 10.5. The Bertz CT molecular complexity index is 1240. The number of benzene rings is 1. The molecule has 3 amide bonds. The Labute approximate surface area is 236 Å². The molecular formula is C30H42N8O2. The van der Waals surface area contributed by atoms with E-state index in [1.807, 2.05) is 16.7 Å². The van der Waals surface area contributed by atoms with Crippen LogP contribution >= 0.6 is 0 Å². The average molecular weight is 547 g/mol. The molecule has 214 valence electrons. The van der Waals surface area contributed by atoms with Crippen LogP contribution in [0.3, 0.4) is 0 Å². The lowest BCUT2D eigenvalue weighted by Gasteiger charge is -2.40. The highest BCUT2D eigenvalue weighted by Crippen LogP contribution is 2.39. The van der Waals surface area contributed by atoms with Gasteiger partial charge in [-0.15, -0.1) is 0 Å². The van der Waals surface area contributed by atoms with Crippen LogP contribution in [0.5, 0.6) is 0 Å².